The van der Waals surface area contributed by atoms with Gasteiger partial charge in [0, 0.05) is 16.2 Å². The molecule has 13 heavy (non-hydrogen) atoms. The number of aliphatic hydroxyl groups excluding tert-OH is 1. The summed E-state index contributed by atoms with van der Waals surface area (Å²) in [6.45, 7) is 3.74. The van der Waals surface area contributed by atoms with Crippen molar-refractivity contribution in [3.05, 3.63) is 32.7 Å². The van der Waals surface area contributed by atoms with Gasteiger partial charge in [0.15, 0.2) is 0 Å². The van der Waals surface area contributed by atoms with Crippen molar-refractivity contribution >= 4 is 15.9 Å². The Kier molecular flexibility index (Phi) is 3.27. The van der Waals surface area contributed by atoms with Gasteiger partial charge < -0.3 is 9.67 Å². The van der Waals surface area contributed by atoms with Crippen LogP contribution in [-0.4, -0.2) is 15.8 Å². The lowest BCUT2D eigenvalue weighted by atomic mass is 10.3. The molecule has 0 aliphatic carbocycles. The first-order valence-electron chi connectivity index (χ1n) is 4.05. The van der Waals surface area contributed by atoms with Gasteiger partial charge in [-0.25, -0.2) is 0 Å². The van der Waals surface area contributed by atoms with Gasteiger partial charge in [-0.15, -0.1) is 0 Å². The van der Waals surface area contributed by atoms with E-state index >= 15 is 0 Å². The van der Waals surface area contributed by atoms with Gasteiger partial charge in [-0.1, -0.05) is 0 Å². The average molecular weight is 246 g/mol. The Labute approximate surface area is 85.1 Å². The fourth-order valence-corrected chi connectivity index (χ4v) is 1.75. The van der Waals surface area contributed by atoms with E-state index in [0.29, 0.717) is 12.1 Å². The van der Waals surface area contributed by atoms with Crippen LogP contribution in [0.5, 0.6) is 0 Å². The second kappa shape index (κ2) is 4.07. The first kappa shape index (κ1) is 10.5. The third-order valence-corrected chi connectivity index (χ3v) is 2.13. The van der Waals surface area contributed by atoms with Gasteiger partial charge in [0.05, 0.1) is 12.6 Å². The van der Waals surface area contributed by atoms with Crippen LogP contribution in [0, 0.1) is 6.92 Å². The van der Waals surface area contributed by atoms with Crippen LogP contribution in [0.25, 0.3) is 0 Å². The van der Waals surface area contributed by atoms with Crippen LogP contribution in [0.4, 0.5) is 0 Å². The number of pyridine rings is 1. The van der Waals surface area contributed by atoms with E-state index in [1.165, 1.54) is 4.57 Å². The number of hydrogen-bond donors (Lipinski definition) is 1. The maximum absolute atomic E-state index is 11.5. The molecule has 0 radical (unpaired) electrons. The lowest BCUT2D eigenvalue weighted by Gasteiger charge is -2.09. The number of rotatable bonds is 2. The van der Waals surface area contributed by atoms with E-state index in [1.807, 2.05) is 0 Å². The fraction of sp³-hybridized carbons (Fsp3) is 0.444. The van der Waals surface area contributed by atoms with Crippen LogP contribution in [0.15, 0.2) is 21.5 Å². The third-order valence-electron chi connectivity index (χ3n) is 1.69. The normalized spacial score (nSPS) is 12.9. The topological polar surface area (TPSA) is 42.2 Å². The summed E-state index contributed by atoms with van der Waals surface area (Å²) in [5, 5.41) is 9.14. The molecule has 0 bridgehead atoms. The molecule has 1 aromatic rings. The molecule has 0 amide bonds. The Morgan fingerprint density at radius 1 is 1.69 bits per heavy atom. The molecule has 1 rings (SSSR count). The molecule has 72 valence electrons. The molecule has 0 aliphatic rings. The minimum Gasteiger partial charge on any atom is -0.392 e. The summed E-state index contributed by atoms with van der Waals surface area (Å²) >= 11 is 3.30. The van der Waals surface area contributed by atoms with E-state index in [9.17, 15) is 4.79 Å². The molecule has 4 heteroatoms. The molecule has 1 aromatic heterocycles. The molecule has 0 saturated heterocycles. The van der Waals surface area contributed by atoms with Crippen molar-refractivity contribution in [3.63, 3.8) is 0 Å². The maximum atomic E-state index is 11.5. The molecule has 0 spiro atoms. The van der Waals surface area contributed by atoms with Gasteiger partial charge in [0.2, 0.25) is 0 Å². The van der Waals surface area contributed by atoms with Crippen LogP contribution in [0.1, 0.15) is 12.5 Å². The number of nitrogens with zero attached hydrogens (tertiary/aromatic N) is 1. The molecule has 0 fully saturated rings. The van der Waals surface area contributed by atoms with E-state index in [4.69, 9.17) is 5.11 Å². The molecule has 0 saturated carbocycles. The van der Waals surface area contributed by atoms with E-state index in [-0.39, 0.29) is 5.56 Å². The zero-order chi connectivity index (χ0) is 10.0. The second-order valence-electron chi connectivity index (χ2n) is 3.15. The largest absolute Gasteiger partial charge is 0.392 e. The summed E-state index contributed by atoms with van der Waals surface area (Å²) in [5.74, 6) is 0. The van der Waals surface area contributed by atoms with Crippen LogP contribution in [0.3, 0.4) is 0 Å². The highest BCUT2D eigenvalue weighted by molar-refractivity contribution is 9.10. The van der Waals surface area contributed by atoms with Crippen LogP contribution in [-0.2, 0) is 6.54 Å². The number of aromatic nitrogens is 1. The summed E-state index contributed by atoms with van der Waals surface area (Å²) < 4.78 is 2.36. The van der Waals surface area contributed by atoms with Gasteiger partial charge in [0.25, 0.3) is 5.56 Å². The summed E-state index contributed by atoms with van der Waals surface area (Å²) in [5.41, 5.74) is 0.624. The molecule has 0 aromatic carbocycles. The standard InChI is InChI=1S/C9H12BrNO2/c1-6-3-8(10)5-11(9(6)13)4-7(2)12/h3,5,7,12H,4H2,1-2H3. The summed E-state index contributed by atoms with van der Waals surface area (Å²) in [6, 6.07) is 1.76. The average Bonchev–Trinajstić information content (AvgIpc) is 1.98. The Balaban J connectivity index is 3.13. The number of aliphatic hydroxyl groups is 1. The Bertz CT molecular complexity index is 357. The molecule has 1 N–H and O–H groups in total. The highest BCUT2D eigenvalue weighted by Crippen LogP contribution is 2.08. The Hall–Kier alpha value is -0.610. The minimum absolute atomic E-state index is 0.0518. The Morgan fingerprint density at radius 2 is 2.31 bits per heavy atom. The number of aryl methyl sites for hydroxylation is 1. The molecule has 3 nitrogen and oxygen atoms in total. The van der Waals surface area contributed by atoms with Gasteiger partial charge in [-0.05, 0) is 35.8 Å². The first-order valence-corrected chi connectivity index (χ1v) is 4.84. The number of halogens is 1. The van der Waals surface area contributed by atoms with Gasteiger partial charge in [0.1, 0.15) is 0 Å². The number of hydrogen-bond acceptors (Lipinski definition) is 2. The summed E-state index contributed by atoms with van der Waals surface area (Å²) in [4.78, 5) is 11.5. The summed E-state index contributed by atoms with van der Waals surface area (Å²) in [6.07, 6.45) is 1.17. The molecule has 1 heterocycles. The smallest absolute Gasteiger partial charge is 0.253 e. The predicted octanol–water partition coefficient (Wildman–Crippen LogP) is 1.30. The van der Waals surface area contributed by atoms with Gasteiger partial charge in [-0.2, -0.15) is 0 Å². The van der Waals surface area contributed by atoms with Gasteiger partial charge >= 0.3 is 0 Å². The zero-order valence-electron chi connectivity index (χ0n) is 7.62. The zero-order valence-corrected chi connectivity index (χ0v) is 9.21. The van der Waals surface area contributed by atoms with Crippen LogP contribution in [0.2, 0.25) is 0 Å². The van der Waals surface area contributed by atoms with Crippen molar-refractivity contribution in [1.82, 2.24) is 4.57 Å². The van der Waals surface area contributed by atoms with E-state index in [0.717, 1.165) is 4.47 Å². The van der Waals surface area contributed by atoms with Crippen molar-refractivity contribution in [3.8, 4) is 0 Å². The molecular formula is C9H12BrNO2. The lowest BCUT2D eigenvalue weighted by molar-refractivity contribution is 0.172. The monoisotopic (exact) mass is 245 g/mol. The fourth-order valence-electron chi connectivity index (χ4n) is 1.16. The highest BCUT2D eigenvalue weighted by atomic mass is 79.9. The van der Waals surface area contributed by atoms with E-state index < -0.39 is 6.10 Å². The van der Waals surface area contributed by atoms with Crippen molar-refractivity contribution in [2.24, 2.45) is 0 Å². The van der Waals surface area contributed by atoms with Crippen LogP contribution >= 0.6 is 15.9 Å². The van der Waals surface area contributed by atoms with Crippen molar-refractivity contribution < 1.29 is 5.11 Å². The second-order valence-corrected chi connectivity index (χ2v) is 4.06. The van der Waals surface area contributed by atoms with E-state index in [1.54, 1.807) is 26.1 Å². The first-order chi connectivity index (χ1) is 6.00. The molecular weight excluding hydrogens is 234 g/mol. The molecule has 1 atom stereocenters. The highest BCUT2D eigenvalue weighted by Gasteiger charge is 2.03. The lowest BCUT2D eigenvalue weighted by Crippen LogP contribution is -2.26. The van der Waals surface area contributed by atoms with Gasteiger partial charge in [-0.3, -0.25) is 4.79 Å². The Morgan fingerprint density at radius 3 is 2.85 bits per heavy atom. The van der Waals surface area contributed by atoms with Crippen molar-refractivity contribution in [2.75, 3.05) is 0 Å². The minimum atomic E-state index is -0.508. The molecule has 0 aliphatic heterocycles. The maximum Gasteiger partial charge on any atom is 0.253 e. The van der Waals surface area contributed by atoms with Crippen LogP contribution < -0.4 is 5.56 Å². The van der Waals surface area contributed by atoms with E-state index in [2.05, 4.69) is 15.9 Å². The van der Waals surface area contributed by atoms with Crippen molar-refractivity contribution in [1.29, 1.82) is 0 Å². The SMILES string of the molecule is Cc1cc(Br)cn(CC(C)O)c1=O. The quantitative estimate of drug-likeness (QED) is 0.854. The van der Waals surface area contributed by atoms with Crippen molar-refractivity contribution in [2.45, 2.75) is 26.5 Å². The summed E-state index contributed by atoms with van der Waals surface area (Å²) in [7, 11) is 0. The third kappa shape index (κ3) is 2.67. The predicted molar refractivity (Wildman–Crippen MR) is 54.8 cm³/mol. The molecule has 1 unspecified atom stereocenters.